The van der Waals surface area contributed by atoms with E-state index in [2.05, 4.69) is 10.3 Å². The van der Waals surface area contributed by atoms with Gasteiger partial charge in [0, 0.05) is 11.9 Å². The molecule has 2 aromatic rings. The third kappa shape index (κ3) is 4.48. The van der Waals surface area contributed by atoms with Crippen molar-refractivity contribution in [2.24, 2.45) is 11.1 Å². The Morgan fingerprint density at radius 2 is 1.86 bits per heavy atom. The summed E-state index contributed by atoms with van der Waals surface area (Å²) in [6, 6.07) is 9.25. The van der Waals surface area contributed by atoms with Crippen LogP contribution < -0.4 is 16.8 Å². The molecule has 3 rings (SSSR count). The van der Waals surface area contributed by atoms with Crippen molar-refractivity contribution in [2.45, 2.75) is 19.0 Å². The first-order valence-corrected chi connectivity index (χ1v) is 7.99. The number of nitrogens with one attached hydrogen (secondary N) is 1. The SMILES string of the molecule is NC(=O)[C@]1(Cc2ccc3ccc(N)nc3c2)CCNC1=O.O=C(O)C(F)(F)F. The standard InChI is InChI=1S/C15H16N4O2.C2HF3O2/c16-12-4-3-10-2-1-9(7-11(10)19-12)8-15(13(17)20)5-6-18-14(15)21;3-2(4,5)1(6)7/h1-4,7H,5-6,8H2,(H2,16,19)(H2,17,20)(H,18,21);(H,6,7)/t15-;/m1./s1. The topological polar surface area (TPSA) is 148 Å². The smallest absolute Gasteiger partial charge is 0.475 e. The summed E-state index contributed by atoms with van der Waals surface area (Å²) >= 11 is 0. The minimum atomic E-state index is -5.08. The second kappa shape index (κ2) is 7.71. The van der Waals surface area contributed by atoms with Gasteiger partial charge in [0.15, 0.2) is 0 Å². The number of carbonyl (C=O) groups excluding carboxylic acids is 2. The van der Waals surface area contributed by atoms with Crippen LogP contribution >= 0.6 is 0 Å². The first kappa shape index (κ1) is 20.9. The summed E-state index contributed by atoms with van der Waals surface area (Å²) in [4.78, 5) is 36.9. The average molecular weight is 398 g/mol. The third-order valence-electron chi connectivity index (χ3n) is 4.27. The fourth-order valence-electron chi connectivity index (χ4n) is 2.80. The summed E-state index contributed by atoms with van der Waals surface area (Å²) in [5.74, 6) is -3.20. The Morgan fingerprint density at radius 1 is 1.25 bits per heavy atom. The number of hydrogen-bond acceptors (Lipinski definition) is 5. The monoisotopic (exact) mass is 398 g/mol. The van der Waals surface area contributed by atoms with E-state index in [0.717, 1.165) is 16.5 Å². The Balaban J connectivity index is 0.000000345. The molecule has 6 N–H and O–H groups in total. The summed E-state index contributed by atoms with van der Waals surface area (Å²) < 4.78 is 31.7. The second-order valence-corrected chi connectivity index (χ2v) is 6.20. The minimum Gasteiger partial charge on any atom is -0.475 e. The van der Waals surface area contributed by atoms with Crippen molar-refractivity contribution in [3.63, 3.8) is 0 Å². The first-order chi connectivity index (χ1) is 13.0. The molecule has 0 aliphatic carbocycles. The largest absolute Gasteiger partial charge is 0.490 e. The highest BCUT2D eigenvalue weighted by Crippen LogP contribution is 2.31. The Bertz CT molecular complexity index is 932. The lowest BCUT2D eigenvalue weighted by Crippen LogP contribution is -2.44. The van der Waals surface area contributed by atoms with Crippen LogP contribution in [0.25, 0.3) is 10.9 Å². The molecule has 1 aliphatic heterocycles. The molecule has 1 aromatic carbocycles. The number of pyridine rings is 1. The van der Waals surface area contributed by atoms with Gasteiger partial charge in [-0.15, -0.1) is 0 Å². The van der Waals surface area contributed by atoms with Crippen LogP contribution in [0, 0.1) is 5.41 Å². The lowest BCUT2D eigenvalue weighted by atomic mass is 9.79. The normalized spacial score (nSPS) is 18.9. The fraction of sp³-hybridized carbons (Fsp3) is 0.294. The Hall–Kier alpha value is -3.37. The van der Waals surface area contributed by atoms with Gasteiger partial charge in [0.1, 0.15) is 11.2 Å². The first-order valence-electron chi connectivity index (χ1n) is 7.99. The predicted molar refractivity (Wildman–Crippen MR) is 92.8 cm³/mol. The number of carboxylic acid groups (broad SMARTS) is 1. The molecule has 0 saturated carbocycles. The maximum atomic E-state index is 12.0. The van der Waals surface area contributed by atoms with Gasteiger partial charge in [0.2, 0.25) is 11.8 Å². The molecule has 1 aliphatic rings. The number of nitrogen functional groups attached to an aromatic ring is 1. The van der Waals surface area contributed by atoms with E-state index in [4.69, 9.17) is 21.4 Å². The second-order valence-electron chi connectivity index (χ2n) is 6.20. The highest BCUT2D eigenvalue weighted by molar-refractivity contribution is 6.06. The maximum Gasteiger partial charge on any atom is 0.490 e. The van der Waals surface area contributed by atoms with Crippen LogP contribution in [0.2, 0.25) is 0 Å². The molecule has 0 bridgehead atoms. The quantitative estimate of drug-likeness (QED) is 0.567. The molecule has 1 atom stereocenters. The Morgan fingerprint density at radius 3 is 2.36 bits per heavy atom. The van der Waals surface area contributed by atoms with E-state index in [1.807, 2.05) is 24.3 Å². The number of carboxylic acids is 1. The highest BCUT2D eigenvalue weighted by Gasteiger charge is 2.47. The van der Waals surface area contributed by atoms with Crippen molar-refractivity contribution in [3.05, 3.63) is 35.9 Å². The fourth-order valence-corrected chi connectivity index (χ4v) is 2.80. The van der Waals surface area contributed by atoms with Gasteiger partial charge in [-0.3, -0.25) is 9.59 Å². The molecule has 2 heterocycles. The van der Waals surface area contributed by atoms with Gasteiger partial charge in [0.25, 0.3) is 0 Å². The molecule has 1 aromatic heterocycles. The zero-order chi connectivity index (χ0) is 21.1. The van der Waals surface area contributed by atoms with E-state index in [9.17, 15) is 22.8 Å². The van der Waals surface area contributed by atoms with Gasteiger partial charge in [-0.1, -0.05) is 12.1 Å². The van der Waals surface area contributed by atoms with E-state index in [1.165, 1.54) is 0 Å². The number of fused-ring (bicyclic) bond motifs is 1. The number of hydrogen-bond donors (Lipinski definition) is 4. The van der Waals surface area contributed by atoms with Crippen molar-refractivity contribution >= 4 is 34.5 Å². The number of nitrogens with zero attached hydrogens (tertiary/aromatic N) is 1. The van der Waals surface area contributed by atoms with E-state index in [-0.39, 0.29) is 12.3 Å². The molecule has 1 fully saturated rings. The number of anilines is 1. The molecule has 0 spiro atoms. The number of primary amides is 1. The van der Waals surface area contributed by atoms with Gasteiger partial charge < -0.3 is 21.9 Å². The molecular weight excluding hydrogens is 381 g/mol. The van der Waals surface area contributed by atoms with Crippen molar-refractivity contribution in [2.75, 3.05) is 12.3 Å². The van der Waals surface area contributed by atoms with Crippen molar-refractivity contribution in [1.29, 1.82) is 0 Å². The van der Waals surface area contributed by atoms with Crippen molar-refractivity contribution in [1.82, 2.24) is 10.3 Å². The summed E-state index contributed by atoms with van der Waals surface area (Å²) in [6.45, 7) is 0.473. The molecule has 8 nitrogen and oxygen atoms in total. The van der Waals surface area contributed by atoms with Gasteiger partial charge >= 0.3 is 12.1 Å². The molecule has 0 radical (unpaired) electrons. The summed E-state index contributed by atoms with van der Waals surface area (Å²) in [7, 11) is 0. The predicted octanol–water partition coefficient (Wildman–Crippen LogP) is 0.984. The van der Waals surface area contributed by atoms with E-state index in [0.29, 0.717) is 18.8 Å². The van der Waals surface area contributed by atoms with Crippen LogP contribution in [0.1, 0.15) is 12.0 Å². The van der Waals surface area contributed by atoms with Crippen LogP contribution in [0.3, 0.4) is 0 Å². The number of alkyl halides is 3. The minimum absolute atomic E-state index is 0.278. The molecule has 28 heavy (non-hydrogen) atoms. The third-order valence-corrected chi connectivity index (χ3v) is 4.27. The van der Waals surface area contributed by atoms with E-state index in [1.54, 1.807) is 6.07 Å². The van der Waals surface area contributed by atoms with Gasteiger partial charge in [0.05, 0.1) is 5.52 Å². The number of halogens is 3. The summed E-state index contributed by atoms with van der Waals surface area (Å²) in [6.07, 6.45) is -4.38. The molecule has 150 valence electrons. The summed E-state index contributed by atoms with van der Waals surface area (Å²) in [5.41, 5.74) is 11.6. The van der Waals surface area contributed by atoms with Crippen LogP contribution in [-0.4, -0.2) is 40.6 Å². The lowest BCUT2D eigenvalue weighted by molar-refractivity contribution is -0.192. The number of aromatic nitrogens is 1. The van der Waals surface area contributed by atoms with E-state index < -0.39 is 23.5 Å². The zero-order valence-corrected chi connectivity index (χ0v) is 14.4. The van der Waals surface area contributed by atoms with Gasteiger partial charge in [-0.2, -0.15) is 13.2 Å². The molecular formula is C17H17F3N4O4. The lowest BCUT2D eigenvalue weighted by Gasteiger charge is -2.22. The molecule has 1 saturated heterocycles. The Labute approximate surface area is 156 Å². The number of carbonyl (C=O) groups is 3. The summed E-state index contributed by atoms with van der Waals surface area (Å²) in [5, 5.41) is 10.8. The van der Waals surface area contributed by atoms with E-state index >= 15 is 0 Å². The molecule has 0 unspecified atom stereocenters. The zero-order valence-electron chi connectivity index (χ0n) is 14.4. The number of benzene rings is 1. The Kier molecular flexibility index (Phi) is 5.76. The van der Waals surface area contributed by atoms with Crippen LogP contribution in [0.4, 0.5) is 19.0 Å². The van der Waals surface area contributed by atoms with Crippen molar-refractivity contribution < 1.29 is 32.7 Å². The molecule has 11 heteroatoms. The highest BCUT2D eigenvalue weighted by atomic mass is 19.4. The van der Waals surface area contributed by atoms with Crippen LogP contribution in [-0.2, 0) is 20.8 Å². The average Bonchev–Trinajstić information content (AvgIpc) is 2.96. The van der Waals surface area contributed by atoms with Gasteiger partial charge in [-0.25, -0.2) is 9.78 Å². The van der Waals surface area contributed by atoms with Crippen molar-refractivity contribution in [3.8, 4) is 0 Å². The number of aliphatic carboxylic acids is 1. The number of nitrogens with two attached hydrogens (primary N) is 2. The molecule has 2 amide bonds. The van der Waals surface area contributed by atoms with Crippen LogP contribution in [0.5, 0.6) is 0 Å². The number of rotatable bonds is 3. The number of amides is 2. The van der Waals surface area contributed by atoms with Crippen LogP contribution in [0.15, 0.2) is 30.3 Å². The van der Waals surface area contributed by atoms with Gasteiger partial charge in [-0.05, 0) is 36.6 Å². The maximum absolute atomic E-state index is 12.0.